The highest BCUT2D eigenvalue weighted by molar-refractivity contribution is 9.11. The number of amides is 1. The minimum Gasteiger partial charge on any atom is -0.491 e. The quantitative estimate of drug-likeness (QED) is 0.837. The number of nitrogens with two attached hydrogens (primary N) is 1. The smallest absolute Gasteiger partial charge is 0.261 e. The van der Waals surface area contributed by atoms with Crippen molar-refractivity contribution in [3.8, 4) is 5.75 Å². The van der Waals surface area contributed by atoms with Gasteiger partial charge in [-0.1, -0.05) is 17.4 Å². The fourth-order valence-electron chi connectivity index (χ4n) is 1.52. The van der Waals surface area contributed by atoms with Crippen LogP contribution in [0.1, 0.15) is 17.3 Å². The normalized spacial score (nSPS) is 10.2. The van der Waals surface area contributed by atoms with E-state index in [9.17, 15) is 4.79 Å². The predicted molar refractivity (Wildman–Crippen MR) is 79.8 cm³/mol. The maximum Gasteiger partial charge on any atom is 0.261 e. The van der Waals surface area contributed by atoms with Gasteiger partial charge >= 0.3 is 0 Å². The molecule has 0 aliphatic carbocycles. The number of hydrogen-bond donors (Lipinski definition) is 2. The maximum atomic E-state index is 12.2. The molecular weight excluding hydrogens is 330 g/mol. The van der Waals surface area contributed by atoms with Crippen LogP contribution in [-0.2, 0) is 0 Å². The van der Waals surface area contributed by atoms with Crippen molar-refractivity contribution >= 4 is 44.0 Å². The second-order valence-electron chi connectivity index (χ2n) is 3.58. The van der Waals surface area contributed by atoms with Gasteiger partial charge in [0.2, 0.25) is 0 Å². The highest BCUT2D eigenvalue weighted by atomic mass is 79.9. The lowest BCUT2D eigenvalue weighted by Gasteiger charge is -2.11. The molecule has 0 unspecified atom stereocenters. The molecule has 0 radical (unpaired) electrons. The van der Waals surface area contributed by atoms with Crippen molar-refractivity contribution < 1.29 is 9.53 Å². The van der Waals surface area contributed by atoms with Gasteiger partial charge in [-0.2, -0.15) is 0 Å². The van der Waals surface area contributed by atoms with E-state index in [-0.39, 0.29) is 5.91 Å². The number of rotatable bonds is 4. The van der Waals surface area contributed by atoms with Crippen LogP contribution in [0.25, 0.3) is 0 Å². The molecule has 0 aliphatic heterocycles. The van der Waals surface area contributed by atoms with Gasteiger partial charge in [-0.25, -0.2) is 4.98 Å². The van der Waals surface area contributed by atoms with Gasteiger partial charge in [0.05, 0.1) is 27.8 Å². The van der Waals surface area contributed by atoms with Gasteiger partial charge in [-0.3, -0.25) is 10.1 Å². The highest BCUT2D eigenvalue weighted by Crippen LogP contribution is 2.28. The zero-order chi connectivity index (χ0) is 13.8. The van der Waals surface area contributed by atoms with E-state index in [4.69, 9.17) is 10.5 Å². The van der Waals surface area contributed by atoms with E-state index in [2.05, 4.69) is 26.2 Å². The molecule has 3 N–H and O–H groups in total. The Balaban J connectivity index is 2.25. The minimum absolute atomic E-state index is 0.294. The van der Waals surface area contributed by atoms with Crippen molar-refractivity contribution in [1.82, 2.24) is 4.98 Å². The number of nitrogens with one attached hydrogen (secondary N) is 1. The Morgan fingerprint density at radius 1 is 1.58 bits per heavy atom. The lowest BCUT2D eigenvalue weighted by molar-refractivity contribution is 0.102. The molecule has 0 atom stereocenters. The van der Waals surface area contributed by atoms with Gasteiger partial charge in [0.25, 0.3) is 5.91 Å². The Bertz CT molecular complexity index is 600. The number of hydrogen-bond acceptors (Lipinski definition) is 5. The van der Waals surface area contributed by atoms with Crippen molar-refractivity contribution in [3.05, 3.63) is 33.7 Å². The van der Waals surface area contributed by atoms with Crippen LogP contribution in [0.2, 0.25) is 0 Å². The van der Waals surface area contributed by atoms with Gasteiger partial charge in [-0.15, -0.1) is 0 Å². The van der Waals surface area contributed by atoms with Gasteiger partial charge in [0.1, 0.15) is 0 Å². The molecule has 19 heavy (non-hydrogen) atoms. The Labute approximate surface area is 122 Å². The SMILES string of the molecule is CCOc1c(N)cccc1C(=O)Nc1ncc(Br)s1. The number of benzene rings is 1. The Morgan fingerprint density at radius 2 is 2.37 bits per heavy atom. The summed E-state index contributed by atoms with van der Waals surface area (Å²) in [6.45, 7) is 2.28. The van der Waals surface area contributed by atoms with E-state index in [1.54, 1.807) is 24.4 Å². The van der Waals surface area contributed by atoms with Crippen LogP contribution < -0.4 is 15.8 Å². The lowest BCUT2D eigenvalue weighted by atomic mass is 10.1. The number of halogens is 1. The Hall–Kier alpha value is -1.60. The van der Waals surface area contributed by atoms with Crippen LogP contribution >= 0.6 is 27.3 Å². The number of carbonyl (C=O) groups is 1. The number of nitrogens with zero attached hydrogens (tertiary/aromatic N) is 1. The Morgan fingerprint density at radius 3 is 3.00 bits per heavy atom. The fourth-order valence-corrected chi connectivity index (χ4v) is 2.62. The van der Waals surface area contributed by atoms with Crippen LogP contribution in [0, 0.1) is 0 Å². The van der Waals surface area contributed by atoms with E-state index >= 15 is 0 Å². The summed E-state index contributed by atoms with van der Waals surface area (Å²) in [4.78, 5) is 16.2. The monoisotopic (exact) mass is 341 g/mol. The van der Waals surface area contributed by atoms with Crippen LogP contribution in [0.3, 0.4) is 0 Å². The largest absolute Gasteiger partial charge is 0.491 e. The van der Waals surface area contributed by atoms with Gasteiger partial charge in [-0.05, 0) is 35.0 Å². The van der Waals surface area contributed by atoms with E-state index in [1.165, 1.54) is 11.3 Å². The average Bonchev–Trinajstić information content (AvgIpc) is 2.77. The minimum atomic E-state index is -0.294. The molecule has 1 aromatic carbocycles. The first-order valence-corrected chi connectivity index (χ1v) is 7.16. The van der Waals surface area contributed by atoms with Crippen molar-refractivity contribution in [2.45, 2.75) is 6.92 Å². The van der Waals surface area contributed by atoms with E-state index < -0.39 is 0 Å². The summed E-state index contributed by atoms with van der Waals surface area (Å²) in [7, 11) is 0. The first kappa shape index (κ1) is 13.8. The lowest BCUT2D eigenvalue weighted by Crippen LogP contribution is -2.14. The molecule has 5 nitrogen and oxygen atoms in total. The van der Waals surface area contributed by atoms with E-state index in [0.29, 0.717) is 28.7 Å². The molecule has 2 aromatic rings. The standard InChI is InChI=1S/C12H12BrN3O2S/c1-2-18-10-7(4-3-5-8(10)14)11(17)16-12-15-6-9(13)19-12/h3-6H,2,14H2,1H3,(H,15,16,17). The van der Waals surface area contributed by atoms with Crippen LogP contribution in [0.5, 0.6) is 5.75 Å². The molecule has 0 spiro atoms. The summed E-state index contributed by atoms with van der Waals surface area (Å²) in [5, 5.41) is 3.22. The predicted octanol–water partition coefficient (Wildman–Crippen LogP) is 3.14. The zero-order valence-electron chi connectivity index (χ0n) is 10.1. The second kappa shape index (κ2) is 6.03. The number of anilines is 2. The summed E-state index contributed by atoms with van der Waals surface area (Å²) in [6, 6.07) is 5.08. The topological polar surface area (TPSA) is 77.2 Å². The molecule has 7 heteroatoms. The number of thiazole rings is 1. The number of carbonyl (C=O) groups excluding carboxylic acids is 1. The second-order valence-corrected chi connectivity index (χ2v) is 5.99. The molecule has 1 amide bonds. The first-order valence-electron chi connectivity index (χ1n) is 5.55. The average molecular weight is 342 g/mol. The van der Waals surface area contributed by atoms with Gasteiger partial charge in [0.15, 0.2) is 10.9 Å². The highest BCUT2D eigenvalue weighted by Gasteiger charge is 2.16. The molecule has 0 fully saturated rings. The van der Waals surface area contributed by atoms with Gasteiger partial charge < -0.3 is 10.5 Å². The molecular formula is C12H12BrN3O2S. The van der Waals surface area contributed by atoms with E-state index in [0.717, 1.165) is 3.79 Å². The van der Waals surface area contributed by atoms with Crippen LogP contribution in [0.4, 0.5) is 10.8 Å². The van der Waals surface area contributed by atoms with Gasteiger partial charge in [0, 0.05) is 0 Å². The third-order valence-corrected chi connectivity index (χ3v) is 3.67. The molecule has 100 valence electrons. The first-order chi connectivity index (χ1) is 9.11. The molecule has 0 aliphatic rings. The summed E-state index contributed by atoms with van der Waals surface area (Å²) in [5.41, 5.74) is 6.65. The molecule has 0 bridgehead atoms. The molecule has 0 saturated carbocycles. The zero-order valence-corrected chi connectivity index (χ0v) is 12.5. The summed E-state index contributed by atoms with van der Waals surface area (Å²) in [6.07, 6.45) is 1.63. The van der Waals surface area contributed by atoms with E-state index in [1.807, 2.05) is 6.92 Å². The van der Waals surface area contributed by atoms with Crippen molar-refractivity contribution in [3.63, 3.8) is 0 Å². The number of ether oxygens (including phenoxy) is 1. The van der Waals surface area contributed by atoms with Crippen LogP contribution in [0.15, 0.2) is 28.2 Å². The fraction of sp³-hybridized carbons (Fsp3) is 0.167. The van der Waals surface area contributed by atoms with Crippen LogP contribution in [-0.4, -0.2) is 17.5 Å². The number of para-hydroxylation sites is 1. The molecule has 1 heterocycles. The summed E-state index contributed by atoms with van der Waals surface area (Å²) < 4.78 is 6.27. The summed E-state index contributed by atoms with van der Waals surface area (Å²) >= 11 is 4.62. The van der Waals surface area contributed by atoms with Crippen molar-refractivity contribution in [2.24, 2.45) is 0 Å². The third-order valence-electron chi connectivity index (χ3n) is 2.28. The number of aromatic nitrogens is 1. The Kier molecular flexibility index (Phi) is 4.39. The summed E-state index contributed by atoms with van der Waals surface area (Å²) in [5.74, 6) is 0.107. The molecule has 2 rings (SSSR count). The number of nitrogen functional groups attached to an aromatic ring is 1. The van der Waals surface area contributed by atoms with Crippen molar-refractivity contribution in [2.75, 3.05) is 17.7 Å². The maximum absolute atomic E-state index is 12.2. The molecule has 0 saturated heterocycles. The van der Waals surface area contributed by atoms with Crippen molar-refractivity contribution in [1.29, 1.82) is 0 Å². The third kappa shape index (κ3) is 3.24. The molecule has 1 aromatic heterocycles.